The number of hydrogen-bond acceptors (Lipinski definition) is 2. The first kappa shape index (κ1) is 8.94. The minimum atomic E-state index is -0.419. The monoisotopic (exact) mass is 192 g/mol. The Balaban J connectivity index is 2.44. The lowest BCUT2D eigenvalue weighted by Crippen LogP contribution is -2.24. The molecule has 1 aromatic rings. The molecule has 0 saturated carbocycles. The Bertz CT molecular complexity index is 398. The van der Waals surface area contributed by atoms with Crippen LogP contribution in [0.25, 0.3) is 0 Å². The average Bonchev–Trinajstić information content (AvgIpc) is 2.19. The maximum absolute atomic E-state index is 12.8. The van der Waals surface area contributed by atoms with Crippen molar-refractivity contribution in [1.82, 2.24) is 0 Å². The standard InChI is InChI=1S/C11H9FO2/c1-2-8-6-10(13)9-5-7(12)3-4-11(9)14-8/h2-5,8H,1,6H2. The van der Waals surface area contributed by atoms with Gasteiger partial charge < -0.3 is 4.74 Å². The predicted octanol–water partition coefficient (Wildman–Crippen LogP) is 2.35. The highest BCUT2D eigenvalue weighted by Crippen LogP contribution is 2.28. The third-order valence-corrected chi connectivity index (χ3v) is 2.17. The molecule has 1 aromatic carbocycles. The van der Waals surface area contributed by atoms with Crippen LogP contribution >= 0.6 is 0 Å². The fourth-order valence-corrected chi connectivity index (χ4v) is 1.45. The second-order valence-corrected chi connectivity index (χ2v) is 3.16. The zero-order valence-corrected chi connectivity index (χ0v) is 7.50. The molecule has 14 heavy (non-hydrogen) atoms. The Hall–Kier alpha value is -1.64. The number of carbonyl (C=O) groups is 1. The van der Waals surface area contributed by atoms with Crippen LogP contribution < -0.4 is 4.74 Å². The number of benzene rings is 1. The van der Waals surface area contributed by atoms with Crippen LogP contribution in [0.4, 0.5) is 4.39 Å². The van der Waals surface area contributed by atoms with E-state index in [0.29, 0.717) is 11.3 Å². The summed E-state index contributed by atoms with van der Waals surface area (Å²) in [6.45, 7) is 3.56. The van der Waals surface area contributed by atoms with Gasteiger partial charge in [0.05, 0.1) is 12.0 Å². The van der Waals surface area contributed by atoms with E-state index < -0.39 is 5.82 Å². The summed E-state index contributed by atoms with van der Waals surface area (Å²) in [5.74, 6) is -0.0825. The second-order valence-electron chi connectivity index (χ2n) is 3.16. The molecule has 3 heteroatoms. The SMILES string of the molecule is C=CC1CC(=O)c2cc(F)ccc2O1. The third kappa shape index (κ3) is 1.41. The van der Waals surface area contributed by atoms with Crippen LogP contribution in [0.3, 0.4) is 0 Å². The van der Waals surface area contributed by atoms with Crippen molar-refractivity contribution in [2.75, 3.05) is 0 Å². The molecule has 0 fully saturated rings. The van der Waals surface area contributed by atoms with Gasteiger partial charge in [-0.05, 0) is 18.2 Å². The van der Waals surface area contributed by atoms with Gasteiger partial charge in [0, 0.05) is 0 Å². The van der Waals surface area contributed by atoms with Crippen molar-refractivity contribution < 1.29 is 13.9 Å². The summed E-state index contributed by atoms with van der Waals surface area (Å²) in [6.07, 6.45) is 1.52. The zero-order valence-electron chi connectivity index (χ0n) is 7.50. The first-order chi connectivity index (χ1) is 6.70. The molecule has 1 unspecified atom stereocenters. The molecule has 72 valence electrons. The summed E-state index contributed by atoms with van der Waals surface area (Å²) >= 11 is 0. The summed E-state index contributed by atoms with van der Waals surface area (Å²) in [5, 5.41) is 0. The quantitative estimate of drug-likeness (QED) is 0.638. The Labute approximate surface area is 81.0 Å². The van der Waals surface area contributed by atoms with Crippen molar-refractivity contribution in [2.24, 2.45) is 0 Å². The number of ketones is 1. The van der Waals surface area contributed by atoms with Gasteiger partial charge in [-0.25, -0.2) is 4.39 Å². The maximum Gasteiger partial charge on any atom is 0.170 e. The number of halogens is 1. The van der Waals surface area contributed by atoms with Gasteiger partial charge in [-0.2, -0.15) is 0 Å². The second kappa shape index (κ2) is 3.25. The molecule has 2 nitrogen and oxygen atoms in total. The van der Waals surface area contributed by atoms with Crippen molar-refractivity contribution in [3.8, 4) is 5.75 Å². The zero-order chi connectivity index (χ0) is 10.1. The van der Waals surface area contributed by atoms with Crippen LogP contribution in [0.5, 0.6) is 5.75 Å². The maximum atomic E-state index is 12.8. The fourth-order valence-electron chi connectivity index (χ4n) is 1.45. The number of carbonyl (C=O) groups excluding carboxylic acids is 1. The summed E-state index contributed by atoms with van der Waals surface area (Å²) in [4.78, 5) is 11.5. The molecule has 1 atom stereocenters. The molecule has 2 rings (SSSR count). The number of hydrogen-bond donors (Lipinski definition) is 0. The Kier molecular flexibility index (Phi) is 2.08. The van der Waals surface area contributed by atoms with Crippen molar-refractivity contribution in [3.63, 3.8) is 0 Å². The highest BCUT2D eigenvalue weighted by Gasteiger charge is 2.24. The van der Waals surface area contributed by atoms with Gasteiger partial charge in [0.2, 0.25) is 0 Å². The van der Waals surface area contributed by atoms with Crippen molar-refractivity contribution >= 4 is 5.78 Å². The molecule has 0 amide bonds. The molecular formula is C11H9FO2. The fraction of sp³-hybridized carbons (Fsp3) is 0.182. The van der Waals surface area contributed by atoms with Gasteiger partial charge >= 0.3 is 0 Å². The first-order valence-corrected chi connectivity index (χ1v) is 4.32. The number of Topliss-reactive ketones (excluding diaryl/α,β-unsaturated/α-hetero) is 1. The van der Waals surface area contributed by atoms with Gasteiger partial charge in [0.15, 0.2) is 5.78 Å². The van der Waals surface area contributed by atoms with E-state index in [-0.39, 0.29) is 18.3 Å². The van der Waals surface area contributed by atoms with Crippen LogP contribution in [-0.2, 0) is 0 Å². The van der Waals surface area contributed by atoms with Crippen LogP contribution in [0.15, 0.2) is 30.9 Å². The van der Waals surface area contributed by atoms with Crippen molar-refractivity contribution in [3.05, 3.63) is 42.2 Å². The molecule has 0 N–H and O–H groups in total. The summed E-state index contributed by atoms with van der Waals surface area (Å²) in [7, 11) is 0. The van der Waals surface area contributed by atoms with E-state index in [9.17, 15) is 9.18 Å². The van der Waals surface area contributed by atoms with Crippen molar-refractivity contribution in [1.29, 1.82) is 0 Å². The molecule has 1 heterocycles. The lowest BCUT2D eigenvalue weighted by atomic mass is 10.0. The number of ether oxygens (including phenoxy) is 1. The van der Waals surface area contributed by atoms with Crippen LogP contribution in [-0.4, -0.2) is 11.9 Å². The molecule has 1 aliphatic heterocycles. The Morgan fingerprint density at radius 1 is 1.57 bits per heavy atom. The van der Waals surface area contributed by atoms with E-state index in [2.05, 4.69) is 6.58 Å². The van der Waals surface area contributed by atoms with E-state index in [0.717, 1.165) is 0 Å². The number of fused-ring (bicyclic) bond motifs is 1. The molecule has 1 aliphatic rings. The van der Waals surface area contributed by atoms with Crippen LogP contribution in [0, 0.1) is 5.82 Å². The van der Waals surface area contributed by atoms with Gasteiger partial charge in [-0.1, -0.05) is 12.7 Å². The molecule has 0 radical (unpaired) electrons. The van der Waals surface area contributed by atoms with E-state index in [4.69, 9.17) is 4.74 Å². The normalized spacial score (nSPS) is 19.8. The predicted molar refractivity (Wildman–Crippen MR) is 50.0 cm³/mol. The topological polar surface area (TPSA) is 26.3 Å². The molecule has 0 bridgehead atoms. The van der Waals surface area contributed by atoms with Crippen LogP contribution in [0.2, 0.25) is 0 Å². The van der Waals surface area contributed by atoms with Crippen LogP contribution in [0.1, 0.15) is 16.8 Å². The van der Waals surface area contributed by atoms with E-state index >= 15 is 0 Å². The molecule has 0 aliphatic carbocycles. The van der Waals surface area contributed by atoms with E-state index in [1.54, 1.807) is 6.08 Å². The van der Waals surface area contributed by atoms with Gasteiger partial charge in [0.25, 0.3) is 0 Å². The number of rotatable bonds is 1. The molecule has 0 saturated heterocycles. The minimum Gasteiger partial charge on any atom is -0.485 e. The minimum absolute atomic E-state index is 0.101. The van der Waals surface area contributed by atoms with Gasteiger partial charge in [0.1, 0.15) is 17.7 Å². The van der Waals surface area contributed by atoms with Crippen molar-refractivity contribution in [2.45, 2.75) is 12.5 Å². The average molecular weight is 192 g/mol. The third-order valence-electron chi connectivity index (χ3n) is 2.17. The van der Waals surface area contributed by atoms with E-state index in [1.165, 1.54) is 18.2 Å². The Morgan fingerprint density at radius 3 is 3.07 bits per heavy atom. The highest BCUT2D eigenvalue weighted by atomic mass is 19.1. The first-order valence-electron chi connectivity index (χ1n) is 4.32. The summed E-state index contributed by atoms with van der Waals surface area (Å²) < 4.78 is 18.2. The lowest BCUT2D eigenvalue weighted by Gasteiger charge is -2.22. The lowest BCUT2D eigenvalue weighted by molar-refractivity contribution is 0.0893. The van der Waals surface area contributed by atoms with Gasteiger partial charge in [-0.15, -0.1) is 0 Å². The van der Waals surface area contributed by atoms with E-state index in [1.807, 2.05) is 0 Å². The highest BCUT2D eigenvalue weighted by molar-refractivity contribution is 6.00. The summed E-state index contributed by atoms with van der Waals surface area (Å²) in [5.41, 5.74) is 0.322. The Morgan fingerprint density at radius 2 is 2.36 bits per heavy atom. The summed E-state index contributed by atoms with van der Waals surface area (Å²) in [6, 6.07) is 3.95. The molecule has 0 spiro atoms. The largest absolute Gasteiger partial charge is 0.485 e. The molecule has 0 aromatic heterocycles. The molecular weight excluding hydrogens is 183 g/mol. The smallest absolute Gasteiger partial charge is 0.170 e. The van der Waals surface area contributed by atoms with Gasteiger partial charge in [-0.3, -0.25) is 4.79 Å².